The van der Waals surface area contributed by atoms with E-state index in [2.05, 4.69) is 51.1 Å². The van der Waals surface area contributed by atoms with Crippen LogP contribution in [0.2, 0.25) is 0 Å². The van der Waals surface area contributed by atoms with E-state index in [0.717, 1.165) is 50.5 Å². The van der Waals surface area contributed by atoms with Crippen LogP contribution in [-0.4, -0.2) is 28.9 Å². The summed E-state index contributed by atoms with van der Waals surface area (Å²) in [7, 11) is 0. The number of rotatable bonds is 7. The van der Waals surface area contributed by atoms with Crippen LogP contribution in [0.25, 0.3) is 0 Å². The fourth-order valence-electron chi connectivity index (χ4n) is 8.99. The molecule has 4 nitrogen and oxygen atoms in total. The van der Waals surface area contributed by atoms with Crippen molar-refractivity contribution in [3.63, 3.8) is 0 Å². The van der Waals surface area contributed by atoms with Gasteiger partial charge >= 0.3 is 0 Å². The number of aliphatic hydroxyl groups is 1. The average molecular weight is 495 g/mol. The predicted molar refractivity (Wildman–Crippen MR) is 142 cm³/mol. The molecule has 0 radical (unpaired) electrons. The van der Waals surface area contributed by atoms with E-state index in [1.165, 1.54) is 11.1 Å². The third kappa shape index (κ3) is 3.94. The van der Waals surface area contributed by atoms with Crippen molar-refractivity contribution in [1.29, 1.82) is 0 Å². The van der Waals surface area contributed by atoms with Crippen molar-refractivity contribution in [2.45, 2.75) is 110 Å². The molecule has 0 bridgehead atoms. The smallest absolute Gasteiger partial charge is 0.169 e. The number of fused-ring (bicyclic) bond motifs is 5. The topological polar surface area (TPSA) is 55.8 Å². The Morgan fingerprint density at radius 2 is 1.67 bits per heavy atom. The molecule has 0 unspecified atom stereocenters. The lowest BCUT2D eigenvalue weighted by Gasteiger charge is -2.60. The van der Waals surface area contributed by atoms with Crippen molar-refractivity contribution < 1.29 is 19.4 Å². The fourth-order valence-corrected chi connectivity index (χ4v) is 8.99. The maximum atomic E-state index is 13.0. The minimum absolute atomic E-state index is 0.0798. The highest BCUT2D eigenvalue weighted by Crippen LogP contribution is 2.68. The number of Topliss-reactive ketones (excluding diaryl/α,β-unsaturated/α-hetero) is 1. The maximum Gasteiger partial charge on any atom is 0.169 e. The lowest BCUT2D eigenvalue weighted by molar-refractivity contribution is -0.232. The molecule has 7 atom stereocenters. The standard InChI is InChI=1S/C32H46O4/c1-6-23-8-10-24(11-9-23)21-36-31(34)19-18-29(4)25(20-31)12-13-26-27(29)14-16-30(5)28(26)15-17-32(30,22(3)33)35-7-2/h8-12,26-28,34H,6-7,13-21H2,1-5H3/t26-,27+,28+,29+,30+,31-,32+/m1/s1. The van der Waals surface area contributed by atoms with Crippen LogP contribution in [0.4, 0.5) is 0 Å². The second-order valence-corrected chi connectivity index (χ2v) is 12.7. The van der Waals surface area contributed by atoms with Gasteiger partial charge in [0.05, 0.1) is 6.61 Å². The van der Waals surface area contributed by atoms with Gasteiger partial charge in [-0.15, -0.1) is 0 Å². The van der Waals surface area contributed by atoms with Crippen LogP contribution < -0.4 is 0 Å². The molecule has 3 saturated carbocycles. The first-order valence-corrected chi connectivity index (χ1v) is 14.4. The Balaban J connectivity index is 1.33. The van der Waals surface area contributed by atoms with E-state index in [0.29, 0.717) is 43.8 Å². The number of benzene rings is 1. The van der Waals surface area contributed by atoms with Gasteiger partial charge in [-0.3, -0.25) is 4.79 Å². The normalized spacial score (nSPS) is 41.7. The van der Waals surface area contributed by atoms with Crippen molar-refractivity contribution in [1.82, 2.24) is 0 Å². The summed E-state index contributed by atoms with van der Waals surface area (Å²) in [5, 5.41) is 11.4. The molecule has 4 aliphatic rings. The van der Waals surface area contributed by atoms with Gasteiger partial charge in [0.25, 0.3) is 0 Å². The van der Waals surface area contributed by atoms with E-state index < -0.39 is 11.4 Å². The number of hydrogen-bond donors (Lipinski definition) is 1. The van der Waals surface area contributed by atoms with Gasteiger partial charge in [0, 0.05) is 24.9 Å². The molecule has 4 aliphatic carbocycles. The first-order valence-electron chi connectivity index (χ1n) is 14.4. The van der Waals surface area contributed by atoms with Crippen molar-refractivity contribution >= 4 is 5.78 Å². The maximum absolute atomic E-state index is 13.0. The van der Waals surface area contributed by atoms with Crippen molar-refractivity contribution in [2.24, 2.45) is 28.6 Å². The van der Waals surface area contributed by atoms with Gasteiger partial charge in [0.2, 0.25) is 0 Å². The number of hydrogen-bond acceptors (Lipinski definition) is 4. The number of aryl methyl sites for hydroxylation is 1. The van der Waals surface area contributed by atoms with E-state index in [9.17, 15) is 9.90 Å². The molecular formula is C32H46O4. The van der Waals surface area contributed by atoms with E-state index in [4.69, 9.17) is 9.47 Å². The van der Waals surface area contributed by atoms with Gasteiger partial charge in [-0.25, -0.2) is 0 Å². The number of allylic oxidation sites excluding steroid dienone is 1. The van der Waals surface area contributed by atoms with Crippen LogP contribution in [-0.2, 0) is 27.3 Å². The highest BCUT2D eigenvalue weighted by atomic mass is 16.6. The van der Waals surface area contributed by atoms with E-state index >= 15 is 0 Å². The monoisotopic (exact) mass is 494 g/mol. The van der Waals surface area contributed by atoms with Crippen LogP contribution in [0.5, 0.6) is 0 Å². The van der Waals surface area contributed by atoms with Crippen LogP contribution >= 0.6 is 0 Å². The minimum atomic E-state index is -1.09. The molecule has 5 rings (SSSR count). The number of carbonyl (C=O) groups is 1. The minimum Gasteiger partial charge on any atom is -0.367 e. The van der Waals surface area contributed by atoms with Crippen LogP contribution in [0.15, 0.2) is 35.9 Å². The zero-order chi connectivity index (χ0) is 25.8. The number of ketones is 1. The first-order chi connectivity index (χ1) is 17.1. The summed E-state index contributed by atoms with van der Waals surface area (Å²) in [5.41, 5.74) is 3.24. The Hall–Kier alpha value is -1.49. The molecule has 36 heavy (non-hydrogen) atoms. The Labute approximate surface area is 217 Å². The molecular weight excluding hydrogens is 448 g/mol. The van der Waals surface area contributed by atoms with Crippen LogP contribution in [0, 0.1) is 28.6 Å². The number of ether oxygens (including phenoxy) is 2. The molecule has 0 amide bonds. The van der Waals surface area contributed by atoms with E-state index in [-0.39, 0.29) is 16.6 Å². The zero-order valence-electron chi connectivity index (χ0n) is 23.1. The quantitative estimate of drug-likeness (QED) is 0.335. The molecule has 0 aromatic heterocycles. The average Bonchev–Trinajstić information content (AvgIpc) is 3.17. The number of carbonyl (C=O) groups excluding carboxylic acids is 1. The summed E-state index contributed by atoms with van der Waals surface area (Å²) in [6.45, 7) is 11.8. The summed E-state index contributed by atoms with van der Waals surface area (Å²) in [4.78, 5) is 13.0. The van der Waals surface area contributed by atoms with Gasteiger partial charge in [0.1, 0.15) is 5.60 Å². The fraction of sp³-hybridized carbons (Fsp3) is 0.719. The van der Waals surface area contributed by atoms with Crippen molar-refractivity contribution in [2.75, 3.05) is 6.61 Å². The molecule has 0 aliphatic heterocycles. The van der Waals surface area contributed by atoms with Gasteiger partial charge < -0.3 is 14.6 Å². The molecule has 198 valence electrons. The second-order valence-electron chi connectivity index (χ2n) is 12.7. The van der Waals surface area contributed by atoms with E-state index in [1.807, 2.05) is 6.92 Å². The lowest BCUT2D eigenvalue weighted by Crippen LogP contribution is -2.58. The Morgan fingerprint density at radius 3 is 2.33 bits per heavy atom. The molecule has 1 N–H and O–H groups in total. The Bertz CT molecular complexity index is 1010. The second kappa shape index (κ2) is 9.36. The third-order valence-electron chi connectivity index (χ3n) is 11.1. The summed E-state index contributed by atoms with van der Waals surface area (Å²) >= 11 is 0. The molecule has 3 fully saturated rings. The summed E-state index contributed by atoms with van der Waals surface area (Å²) < 4.78 is 12.5. The third-order valence-corrected chi connectivity index (χ3v) is 11.1. The van der Waals surface area contributed by atoms with Crippen molar-refractivity contribution in [3.8, 4) is 0 Å². The van der Waals surface area contributed by atoms with Crippen molar-refractivity contribution in [3.05, 3.63) is 47.0 Å². The van der Waals surface area contributed by atoms with Crippen LogP contribution in [0.3, 0.4) is 0 Å². The van der Waals surface area contributed by atoms with Gasteiger partial charge in [-0.05, 0) is 93.1 Å². The molecule has 0 spiro atoms. The Morgan fingerprint density at radius 1 is 0.972 bits per heavy atom. The highest BCUT2D eigenvalue weighted by molar-refractivity contribution is 5.86. The predicted octanol–water partition coefficient (Wildman–Crippen LogP) is 6.78. The zero-order valence-corrected chi connectivity index (χ0v) is 23.1. The molecule has 1 aromatic carbocycles. The highest BCUT2D eigenvalue weighted by Gasteiger charge is 2.66. The van der Waals surface area contributed by atoms with Gasteiger partial charge in [0.15, 0.2) is 11.6 Å². The van der Waals surface area contributed by atoms with Gasteiger partial charge in [-0.1, -0.05) is 56.7 Å². The summed E-state index contributed by atoms with van der Waals surface area (Å²) in [6, 6.07) is 8.53. The summed E-state index contributed by atoms with van der Waals surface area (Å²) in [6.07, 6.45) is 10.9. The first kappa shape index (κ1) is 26.1. The van der Waals surface area contributed by atoms with E-state index in [1.54, 1.807) is 6.92 Å². The lowest BCUT2D eigenvalue weighted by atomic mass is 9.46. The molecule has 0 heterocycles. The Kier molecular flexibility index (Phi) is 6.79. The molecule has 0 saturated heterocycles. The molecule has 1 aromatic rings. The summed E-state index contributed by atoms with van der Waals surface area (Å²) in [5.74, 6) is 0.839. The van der Waals surface area contributed by atoms with Crippen LogP contribution in [0.1, 0.15) is 97.1 Å². The largest absolute Gasteiger partial charge is 0.367 e. The SMILES string of the molecule is CCO[C@]1(C(C)=O)CC[C@H]2[C@@H]3CC=C4C[C@](O)(OCc5ccc(CC)cc5)CC[C@]4(C)[C@H]3CC[C@@]21C. The van der Waals surface area contributed by atoms with Gasteiger partial charge in [-0.2, -0.15) is 0 Å². The molecule has 4 heteroatoms.